The van der Waals surface area contributed by atoms with Gasteiger partial charge in [-0.1, -0.05) is 12.1 Å². The number of aromatic hydroxyl groups is 1. The summed E-state index contributed by atoms with van der Waals surface area (Å²) in [6.45, 7) is 0. The van der Waals surface area contributed by atoms with E-state index >= 15 is 0 Å². The fraction of sp³-hybridized carbons (Fsp3) is 0.105. The summed E-state index contributed by atoms with van der Waals surface area (Å²) in [6, 6.07) is 9.23. The molecule has 0 spiro atoms. The molecule has 1 aliphatic rings. The van der Waals surface area contributed by atoms with Crippen LogP contribution < -0.4 is 14.8 Å². The minimum atomic E-state index is -1.24. The van der Waals surface area contributed by atoms with Gasteiger partial charge in [-0.15, -0.1) is 0 Å². The van der Waals surface area contributed by atoms with E-state index in [2.05, 4.69) is 10.3 Å². The van der Waals surface area contributed by atoms with E-state index in [0.717, 1.165) is 11.8 Å². The highest BCUT2D eigenvalue weighted by molar-refractivity contribution is 8.18. The zero-order valence-electron chi connectivity index (χ0n) is 14.9. The van der Waals surface area contributed by atoms with Gasteiger partial charge in [0.1, 0.15) is 11.3 Å². The number of para-hydroxylation sites is 1. The first-order chi connectivity index (χ1) is 13.4. The number of thioether (sulfide) groups is 1. The molecule has 0 aliphatic carbocycles. The van der Waals surface area contributed by atoms with Gasteiger partial charge in [-0.05, 0) is 36.0 Å². The van der Waals surface area contributed by atoms with Crippen LogP contribution in [-0.4, -0.2) is 41.5 Å². The van der Waals surface area contributed by atoms with Gasteiger partial charge in [0.15, 0.2) is 16.7 Å². The van der Waals surface area contributed by atoms with Crippen molar-refractivity contribution in [1.29, 1.82) is 0 Å². The maximum absolute atomic E-state index is 12.3. The largest absolute Gasteiger partial charge is 0.507 e. The van der Waals surface area contributed by atoms with E-state index in [9.17, 15) is 14.7 Å². The number of hydrogen-bond donors (Lipinski definition) is 3. The zero-order valence-corrected chi connectivity index (χ0v) is 15.7. The number of ether oxygens (including phenoxy) is 2. The van der Waals surface area contributed by atoms with Crippen LogP contribution >= 0.6 is 11.8 Å². The molecule has 0 aromatic heterocycles. The van der Waals surface area contributed by atoms with Gasteiger partial charge in [-0.25, -0.2) is 9.79 Å². The Morgan fingerprint density at radius 1 is 1.21 bits per heavy atom. The number of nitrogens with one attached hydrogen (secondary N) is 1. The van der Waals surface area contributed by atoms with E-state index in [0.29, 0.717) is 32.8 Å². The number of nitrogens with zero attached hydrogens (tertiary/aromatic N) is 1. The number of carboxylic acids is 1. The van der Waals surface area contributed by atoms with Gasteiger partial charge < -0.3 is 25.0 Å². The molecule has 0 unspecified atom stereocenters. The Hall–Kier alpha value is -3.46. The van der Waals surface area contributed by atoms with Gasteiger partial charge in [0.2, 0.25) is 0 Å². The zero-order chi connectivity index (χ0) is 20.3. The average molecular weight is 400 g/mol. The Bertz CT molecular complexity index is 1020. The lowest BCUT2D eigenvalue weighted by atomic mass is 10.1. The number of hydrogen-bond acceptors (Lipinski definition) is 7. The van der Waals surface area contributed by atoms with Crippen molar-refractivity contribution in [2.75, 3.05) is 14.2 Å². The van der Waals surface area contributed by atoms with Crippen molar-refractivity contribution in [2.45, 2.75) is 0 Å². The van der Waals surface area contributed by atoms with Gasteiger partial charge in [0, 0.05) is 11.6 Å². The Labute approximate surface area is 164 Å². The first kappa shape index (κ1) is 19.3. The second-order valence-electron chi connectivity index (χ2n) is 5.57. The van der Waals surface area contributed by atoms with Crippen molar-refractivity contribution in [1.82, 2.24) is 5.32 Å². The molecule has 0 bridgehead atoms. The first-order valence-electron chi connectivity index (χ1n) is 8.00. The molecule has 0 saturated carbocycles. The van der Waals surface area contributed by atoms with Gasteiger partial charge in [0.05, 0.1) is 24.8 Å². The second-order valence-corrected chi connectivity index (χ2v) is 6.60. The van der Waals surface area contributed by atoms with Crippen molar-refractivity contribution in [3.63, 3.8) is 0 Å². The van der Waals surface area contributed by atoms with Crippen molar-refractivity contribution in [3.05, 3.63) is 52.4 Å². The number of aliphatic imine (C=N–C) groups is 1. The van der Waals surface area contributed by atoms with Crippen molar-refractivity contribution in [2.24, 2.45) is 4.99 Å². The van der Waals surface area contributed by atoms with Crippen LogP contribution in [0.5, 0.6) is 17.2 Å². The molecule has 1 aliphatic heterocycles. The quantitative estimate of drug-likeness (QED) is 0.661. The molecule has 3 rings (SSSR count). The van der Waals surface area contributed by atoms with E-state index in [4.69, 9.17) is 14.6 Å². The van der Waals surface area contributed by atoms with Crippen LogP contribution in [0.25, 0.3) is 6.08 Å². The molecular weight excluding hydrogens is 384 g/mol. The Morgan fingerprint density at radius 3 is 2.64 bits per heavy atom. The molecule has 1 fully saturated rings. The van der Waals surface area contributed by atoms with Gasteiger partial charge in [0.25, 0.3) is 5.91 Å². The molecule has 1 amide bonds. The number of carbonyl (C=O) groups excluding carboxylic acids is 1. The summed E-state index contributed by atoms with van der Waals surface area (Å²) in [5.74, 6) is -0.924. The summed E-state index contributed by atoms with van der Waals surface area (Å²) in [4.78, 5) is 27.9. The number of phenols is 1. The van der Waals surface area contributed by atoms with Crippen molar-refractivity contribution < 1.29 is 29.3 Å². The number of amides is 1. The normalized spacial score (nSPS) is 16.3. The molecule has 28 heavy (non-hydrogen) atoms. The van der Waals surface area contributed by atoms with E-state index in [1.807, 2.05) is 0 Å². The number of amidine groups is 1. The molecule has 144 valence electrons. The summed E-state index contributed by atoms with van der Waals surface area (Å²) in [7, 11) is 3.05. The van der Waals surface area contributed by atoms with Crippen LogP contribution in [-0.2, 0) is 4.79 Å². The van der Waals surface area contributed by atoms with Crippen LogP contribution in [0.2, 0.25) is 0 Å². The number of carboxylic acid groups (broad SMARTS) is 1. The Morgan fingerprint density at radius 2 is 2.00 bits per heavy atom. The fourth-order valence-electron chi connectivity index (χ4n) is 2.54. The molecule has 0 atom stereocenters. The number of aromatic carboxylic acids is 1. The van der Waals surface area contributed by atoms with E-state index < -0.39 is 11.7 Å². The topological polar surface area (TPSA) is 117 Å². The highest BCUT2D eigenvalue weighted by Crippen LogP contribution is 2.35. The number of methoxy groups -OCH3 is 2. The van der Waals surface area contributed by atoms with Crippen LogP contribution in [0.1, 0.15) is 15.9 Å². The molecule has 8 nitrogen and oxygen atoms in total. The van der Waals surface area contributed by atoms with Crippen molar-refractivity contribution in [3.8, 4) is 17.2 Å². The van der Waals surface area contributed by atoms with Crippen LogP contribution in [0.3, 0.4) is 0 Å². The number of benzene rings is 2. The first-order valence-corrected chi connectivity index (χ1v) is 8.81. The monoisotopic (exact) mass is 400 g/mol. The third-order valence-electron chi connectivity index (χ3n) is 3.81. The van der Waals surface area contributed by atoms with Gasteiger partial charge in [-0.2, -0.15) is 0 Å². The summed E-state index contributed by atoms with van der Waals surface area (Å²) < 4.78 is 10.6. The average Bonchev–Trinajstić information content (AvgIpc) is 3.00. The standard InChI is InChI=1S/C19H16N2O6S/c1-26-14-5-3-4-10(16(14)27-2)8-15-17(23)21-19(28-15)20-11-6-7-12(18(24)25)13(22)9-11/h3-9,22H,1-2H3,(H,24,25)(H,20,21,23)/b15-8-. The lowest BCUT2D eigenvalue weighted by molar-refractivity contribution is -0.115. The van der Waals surface area contributed by atoms with Gasteiger partial charge in [-0.3, -0.25) is 4.79 Å². The summed E-state index contributed by atoms with van der Waals surface area (Å²) >= 11 is 1.11. The molecule has 1 saturated heterocycles. The van der Waals surface area contributed by atoms with E-state index in [1.165, 1.54) is 32.4 Å². The molecular formula is C19H16N2O6S. The molecule has 2 aromatic carbocycles. The maximum atomic E-state index is 12.3. The highest BCUT2D eigenvalue weighted by Gasteiger charge is 2.25. The molecule has 9 heteroatoms. The maximum Gasteiger partial charge on any atom is 0.339 e. The fourth-order valence-corrected chi connectivity index (χ4v) is 3.37. The van der Waals surface area contributed by atoms with Crippen molar-refractivity contribution >= 4 is 40.6 Å². The van der Waals surface area contributed by atoms with Crippen LogP contribution in [0.15, 0.2) is 46.3 Å². The van der Waals surface area contributed by atoms with Gasteiger partial charge >= 0.3 is 5.97 Å². The predicted molar refractivity (Wildman–Crippen MR) is 105 cm³/mol. The Balaban J connectivity index is 1.88. The van der Waals surface area contributed by atoms with Crippen LogP contribution in [0.4, 0.5) is 5.69 Å². The third-order valence-corrected chi connectivity index (χ3v) is 4.72. The summed E-state index contributed by atoms with van der Waals surface area (Å²) in [5.41, 5.74) is 0.757. The van der Waals surface area contributed by atoms with E-state index in [1.54, 1.807) is 24.3 Å². The molecule has 2 aromatic rings. The highest BCUT2D eigenvalue weighted by atomic mass is 32.2. The second kappa shape index (κ2) is 8.05. The molecule has 0 radical (unpaired) electrons. The minimum Gasteiger partial charge on any atom is -0.507 e. The lowest BCUT2D eigenvalue weighted by Crippen LogP contribution is -2.19. The molecule has 3 N–H and O–H groups in total. The number of carbonyl (C=O) groups is 2. The summed E-state index contributed by atoms with van der Waals surface area (Å²) in [5, 5.41) is 21.6. The number of rotatable bonds is 5. The van der Waals surface area contributed by atoms with Crippen LogP contribution in [0, 0.1) is 0 Å². The lowest BCUT2D eigenvalue weighted by Gasteiger charge is -2.10. The SMILES string of the molecule is COc1cccc(/C=C2\SC(=Nc3ccc(C(=O)O)c(O)c3)NC2=O)c1OC. The van der Waals surface area contributed by atoms with E-state index in [-0.39, 0.29) is 11.5 Å². The smallest absolute Gasteiger partial charge is 0.339 e. The Kier molecular flexibility index (Phi) is 5.55. The third kappa shape index (κ3) is 3.94. The molecule has 1 heterocycles. The summed E-state index contributed by atoms with van der Waals surface area (Å²) in [6.07, 6.45) is 1.66. The predicted octanol–water partition coefficient (Wildman–Crippen LogP) is 3.00. The minimum absolute atomic E-state index is 0.224.